The Hall–Kier alpha value is -3.56. The zero-order valence-electron chi connectivity index (χ0n) is 19.4. The van der Waals surface area contributed by atoms with Crippen LogP contribution < -0.4 is 14.4 Å². The molecule has 3 aromatic rings. The van der Waals surface area contributed by atoms with E-state index in [4.69, 9.17) is 21.1 Å². The molecule has 0 saturated heterocycles. The summed E-state index contributed by atoms with van der Waals surface area (Å²) in [6, 6.07) is 17.1. The molecular weight excluding hydrogens is 492 g/mol. The predicted molar refractivity (Wildman–Crippen MR) is 135 cm³/mol. The Morgan fingerprint density at radius 1 is 1.03 bits per heavy atom. The number of aryl methyl sites for hydroxylation is 1. The molecule has 35 heavy (non-hydrogen) atoms. The smallest absolute Gasteiger partial charge is 0.338 e. The van der Waals surface area contributed by atoms with Gasteiger partial charge in [0.05, 0.1) is 40.6 Å². The first-order valence-electron chi connectivity index (χ1n) is 10.7. The van der Waals surface area contributed by atoms with Crippen LogP contribution in [-0.2, 0) is 19.6 Å². The van der Waals surface area contributed by atoms with E-state index in [1.54, 1.807) is 50.2 Å². The van der Waals surface area contributed by atoms with Crippen molar-refractivity contribution in [2.75, 3.05) is 29.9 Å². The molecule has 0 fully saturated rings. The van der Waals surface area contributed by atoms with Gasteiger partial charge in [0, 0.05) is 0 Å². The van der Waals surface area contributed by atoms with Crippen LogP contribution in [-0.4, -0.2) is 40.6 Å². The lowest BCUT2D eigenvalue weighted by atomic mass is 10.2. The van der Waals surface area contributed by atoms with E-state index in [1.165, 1.54) is 37.4 Å². The molecule has 0 heterocycles. The Kier molecular flexibility index (Phi) is 8.37. The van der Waals surface area contributed by atoms with Gasteiger partial charge in [-0.15, -0.1) is 0 Å². The minimum atomic E-state index is -4.13. The molecule has 3 rings (SSSR count). The number of ether oxygens (including phenoxy) is 2. The fourth-order valence-corrected chi connectivity index (χ4v) is 4.96. The minimum absolute atomic E-state index is 0.0215. The third-order valence-electron chi connectivity index (χ3n) is 4.98. The van der Waals surface area contributed by atoms with Gasteiger partial charge in [-0.25, -0.2) is 13.2 Å². The van der Waals surface area contributed by atoms with Crippen LogP contribution in [0, 0.1) is 6.92 Å². The first kappa shape index (κ1) is 26.1. The number of halogens is 1. The zero-order valence-corrected chi connectivity index (χ0v) is 21.0. The molecule has 3 aromatic carbocycles. The Morgan fingerprint density at radius 2 is 1.74 bits per heavy atom. The second-order valence-corrected chi connectivity index (χ2v) is 9.73. The normalized spacial score (nSPS) is 11.0. The van der Waals surface area contributed by atoms with Crippen molar-refractivity contribution in [1.29, 1.82) is 0 Å². The third kappa shape index (κ3) is 6.12. The van der Waals surface area contributed by atoms with E-state index < -0.39 is 28.4 Å². The molecule has 0 aliphatic rings. The molecule has 1 amide bonds. The number of nitrogens with one attached hydrogen (secondary N) is 1. The van der Waals surface area contributed by atoms with Crippen molar-refractivity contribution in [1.82, 2.24) is 0 Å². The Balaban J connectivity index is 1.95. The Morgan fingerprint density at radius 3 is 2.37 bits per heavy atom. The first-order valence-corrected chi connectivity index (χ1v) is 12.5. The van der Waals surface area contributed by atoms with Crippen molar-refractivity contribution in [2.24, 2.45) is 0 Å². The van der Waals surface area contributed by atoms with Crippen molar-refractivity contribution in [2.45, 2.75) is 18.7 Å². The van der Waals surface area contributed by atoms with Crippen LogP contribution in [0.4, 0.5) is 11.4 Å². The van der Waals surface area contributed by atoms with Gasteiger partial charge in [0.2, 0.25) is 5.91 Å². The lowest BCUT2D eigenvalue weighted by molar-refractivity contribution is -0.114. The van der Waals surface area contributed by atoms with Gasteiger partial charge in [0.25, 0.3) is 10.0 Å². The highest BCUT2D eigenvalue weighted by molar-refractivity contribution is 7.92. The predicted octanol–water partition coefficient (Wildman–Crippen LogP) is 4.67. The summed E-state index contributed by atoms with van der Waals surface area (Å²) in [4.78, 5) is 25.0. The van der Waals surface area contributed by atoms with E-state index in [-0.39, 0.29) is 33.5 Å². The van der Waals surface area contributed by atoms with E-state index >= 15 is 0 Å². The number of sulfonamides is 1. The summed E-state index contributed by atoms with van der Waals surface area (Å²) < 4.78 is 38.4. The number of nitrogens with zero attached hydrogens (tertiary/aromatic N) is 1. The van der Waals surface area contributed by atoms with E-state index in [9.17, 15) is 18.0 Å². The monoisotopic (exact) mass is 516 g/mol. The number of esters is 1. The van der Waals surface area contributed by atoms with Crippen LogP contribution >= 0.6 is 11.6 Å². The molecule has 8 nitrogen and oxygen atoms in total. The van der Waals surface area contributed by atoms with Gasteiger partial charge in [0.15, 0.2) is 0 Å². The van der Waals surface area contributed by atoms with E-state index in [0.29, 0.717) is 5.75 Å². The summed E-state index contributed by atoms with van der Waals surface area (Å²) in [6.45, 7) is 3.16. The molecule has 0 radical (unpaired) electrons. The Bertz CT molecular complexity index is 1330. The lowest BCUT2D eigenvalue weighted by Gasteiger charge is -2.26. The van der Waals surface area contributed by atoms with E-state index in [0.717, 1.165) is 9.87 Å². The van der Waals surface area contributed by atoms with Gasteiger partial charge in [0.1, 0.15) is 12.3 Å². The molecule has 0 aliphatic heterocycles. The molecule has 0 aromatic heterocycles. The molecule has 1 N–H and O–H groups in total. The van der Waals surface area contributed by atoms with Crippen molar-refractivity contribution in [3.8, 4) is 5.75 Å². The van der Waals surface area contributed by atoms with Gasteiger partial charge in [-0.2, -0.15) is 0 Å². The van der Waals surface area contributed by atoms with Crippen LogP contribution in [0.2, 0.25) is 5.02 Å². The number of methoxy groups -OCH3 is 1. The first-order chi connectivity index (χ1) is 16.7. The highest BCUT2D eigenvalue weighted by Crippen LogP contribution is 2.33. The SMILES string of the molecule is CCOC(=O)c1ccc(NC(=O)CN(c2cc(C)ccc2OC)S(=O)(=O)c2ccccc2)c(Cl)c1. The summed E-state index contributed by atoms with van der Waals surface area (Å²) in [5.74, 6) is -0.891. The van der Waals surface area contributed by atoms with Crippen molar-refractivity contribution < 1.29 is 27.5 Å². The highest BCUT2D eigenvalue weighted by atomic mass is 35.5. The van der Waals surface area contributed by atoms with E-state index in [2.05, 4.69) is 5.32 Å². The summed E-state index contributed by atoms with van der Waals surface area (Å²) in [5.41, 5.74) is 1.45. The van der Waals surface area contributed by atoms with Crippen LogP contribution in [0.3, 0.4) is 0 Å². The fourth-order valence-electron chi connectivity index (χ4n) is 3.29. The van der Waals surface area contributed by atoms with Crippen LogP contribution in [0.5, 0.6) is 5.75 Å². The quantitative estimate of drug-likeness (QED) is 0.415. The molecular formula is C25H25ClN2O6S. The number of hydrogen-bond acceptors (Lipinski definition) is 6. The van der Waals surface area contributed by atoms with Crippen molar-refractivity contribution in [3.63, 3.8) is 0 Å². The van der Waals surface area contributed by atoms with Gasteiger partial charge in [-0.1, -0.05) is 35.9 Å². The second-order valence-electron chi connectivity index (χ2n) is 7.46. The van der Waals surface area contributed by atoms with Gasteiger partial charge >= 0.3 is 5.97 Å². The van der Waals surface area contributed by atoms with Crippen LogP contribution in [0.1, 0.15) is 22.8 Å². The molecule has 0 unspecified atom stereocenters. The topological polar surface area (TPSA) is 102 Å². The zero-order chi connectivity index (χ0) is 25.6. The number of carbonyl (C=O) groups is 2. The summed E-state index contributed by atoms with van der Waals surface area (Å²) in [7, 11) is -2.70. The maximum absolute atomic E-state index is 13.6. The fraction of sp³-hybridized carbons (Fsp3) is 0.200. The number of hydrogen-bond donors (Lipinski definition) is 1. The molecule has 0 aliphatic carbocycles. The number of rotatable bonds is 9. The number of anilines is 2. The maximum Gasteiger partial charge on any atom is 0.338 e. The number of amides is 1. The molecule has 184 valence electrons. The summed E-state index contributed by atoms with van der Waals surface area (Å²) in [5, 5.41) is 2.72. The van der Waals surface area contributed by atoms with Gasteiger partial charge in [-0.3, -0.25) is 9.10 Å². The van der Waals surface area contributed by atoms with Gasteiger partial charge in [-0.05, 0) is 61.9 Å². The van der Waals surface area contributed by atoms with E-state index in [1.807, 2.05) is 0 Å². The molecule has 0 spiro atoms. The molecule has 10 heteroatoms. The van der Waals surface area contributed by atoms with Crippen molar-refractivity contribution >= 4 is 44.9 Å². The third-order valence-corrected chi connectivity index (χ3v) is 7.06. The van der Waals surface area contributed by atoms with Crippen LogP contribution in [0.25, 0.3) is 0 Å². The maximum atomic E-state index is 13.6. The number of benzene rings is 3. The summed E-state index contributed by atoms with van der Waals surface area (Å²) in [6.07, 6.45) is 0. The largest absolute Gasteiger partial charge is 0.495 e. The lowest BCUT2D eigenvalue weighted by Crippen LogP contribution is -2.38. The standard InChI is InChI=1S/C25H25ClN2O6S/c1-4-34-25(30)18-11-12-21(20(26)15-18)27-24(29)16-28(22-14-17(2)10-13-23(22)33-3)35(31,32)19-8-6-5-7-9-19/h5-15H,4,16H2,1-3H3,(H,27,29). The van der Waals surface area contributed by atoms with Crippen molar-refractivity contribution in [3.05, 3.63) is 82.9 Å². The summed E-state index contributed by atoms with van der Waals surface area (Å²) >= 11 is 6.25. The average Bonchev–Trinajstić information content (AvgIpc) is 2.84. The van der Waals surface area contributed by atoms with Crippen LogP contribution in [0.15, 0.2) is 71.6 Å². The Labute approximate surface area is 209 Å². The molecule has 0 bridgehead atoms. The van der Waals surface area contributed by atoms with Gasteiger partial charge < -0.3 is 14.8 Å². The molecule has 0 saturated carbocycles. The highest BCUT2D eigenvalue weighted by Gasteiger charge is 2.29. The number of carbonyl (C=O) groups excluding carboxylic acids is 2. The molecule has 0 atom stereocenters. The second kappa shape index (κ2) is 11.2. The minimum Gasteiger partial charge on any atom is -0.495 e. The average molecular weight is 517 g/mol.